The number of benzene rings is 2. The molecule has 0 spiro atoms. The van der Waals surface area contributed by atoms with Gasteiger partial charge >= 0.3 is 0 Å². The minimum atomic E-state index is -3.50. The van der Waals surface area contributed by atoms with Crippen molar-refractivity contribution in [2.75, 3.05) is 11.5 Å². The minimum Gasteiger partial charge on any atom is -0.399 e. The third-order valence-corrected chi connectivity index (χ3v) is 5.19. The molecule has 0 aromatic heterocycles. The number of hydrogen-bond acceptors (Lipinski definition) is 5. The first-order valence-corrected chi connectivity index (χ1v) is 8.67. The molecule has 1 aliphatic rings. The van der Waals surface area contributed by atoms with E-state index in [1.807, 2.05) is 0 Å². The number of anilines is 1. The average Bonchev–Trinajstić information content (AvgIpc) is 2.54. The summed E-state index contributed by atoms with van der Waals surface area (Å²) in [4.78, 5) is 12.1. The summed E-state index contributed by atoms with van der Waals surface area (Å²) in [5.74, 6) is -1.23. The van der Waals surface area contributed by atoms with E-state index in [9.17, 15) is 17.6 Å². The van der Waals surface area contributed by atoms with Crippen LogP contribution in [0.1, 0.15) is 15.9 Å². The van der Waals surface area contributed by atoms with Crippen LogP contribution in [-0.2, 0) is 9.84 Å². The van der Waals surface area contributed by atoms with Gasteiger partial charge in [0.1, 0.15) is 5.82 Å². The van der Waals surface area contributed by atoms with Gasteiger partial charge in [-0.25, -0.2) is 12.8 Å². The molecule has 4 N–H and O–H groups in total. The number of rotatable bonds is 3. The van der Waals surface area contributed by atoms with Gasteiger partial charge in [0.05, 0.1) is 16.3 Å². The summed E-state index contributed by atoms with van der Waals surface area (Å²) in [6.45, 7) is 0. The second-order valence-corrected chi connectivity index (χ2v) is 7.24. The van der Waals surface area contributed by atoms with Gasteiger partial charge in [-0.2, -0.15) is 0 Å². The van der Waals surface area contributed by atoms with Crippen LogP contribution in [0.3, 0.4) is 0 Å². The molecule has 1 heterocycles. The maximum absolute atomic E-state index is 13.5. The van der Waals surface area contributed by atoms with Gasteiger partial charge in [-0.05, 0) is 48.5 Å². The Balaban J connectivity index is 1.81. The average molecular weight is 347 g/mol. The Labute approximate surface area is 138 Å². The van der Waals surface area contributed by atoms with E-state index in [-0.39, 0.29) is 16.2 Å². The highest BCUT2D eigenvalue weighted by atomic mass is 32.2. The van der Waals surface area contributed by atoms with E-state index >= 15 is 0 Å². The second kappa shape index (κ2) is 5.97. The second-order valence-electron chi connectivity index (χ2n) is 5.24. The van der Waals surface area contributed by atoms with Gasteiger partial charge < -0.3 is 5.73 Å². The molecule has 0 saturated heterocycles. The van der Waals surface area contributed by atoms with Gasteiger partial charge in [-0.3, -0.25) is 15.6 Å². The van der Waals surface area contributed by atoms with E-state index in [1.54, 1.807) is 24.3 Å². The Morgan fingerprint density at radius 3 is 2.54 bits per heavy atom. The monoisotopic (exact) mass is 347 g/mol. The van der Waals surface area contributed by atoms with E-state index in [1.165, 1.54) is 12.1 Å². The first kappa shape index (κ1) is 16.0. The molecule has 0 unspecified atom stereocenters. The number of hydrogen-bond donors (Lipinski definition) is 3. The molecular weight excluding hydrogens is 333 g/mol. The lowest BCUT2D eigenvalue weighted by atomic mass is 10.1. The molecule has 0 aliphatic carbocycles. The van der Waals surface area contributed by atoms with Crippen molar-refractivity contribution in [3.63, 3.8) is 0 Å². The molecule has 8 heteroatoms. The summed E-state index contributed by atoms with van der Waals surface area (Å²) < 4.78 is 37.5. The molecule has 0 atom stereocenters. The number of amides is 1. The molecule has 0 saturated carbocycles. The van der Waals surface area contributed by atoms with Gasteiger partial charge in [0, 0.05) is 16.8 Å². The Morgan fingerprint density at radius 2 is 1.83 bits per heavy atom. The van der Waals surface area contributed by atoms with E-state index in [0.717, 1.165) is 12.1 Å². The zero-order valence-electron chi connectivity index (χ0n) is 12.4. The maximum Gasteiger partial charge on any atom is 0.269 e. The van der Waals surface area contributed by atoms with Crippen molar-refractivity contribution < 1.29 is 17.6 Å². The first-order valence-electron chi connectivity index (χ1n) is 7.01. The summed E-state index contributed by atoms with van der Waals surface area (Å²) in [7, 11) is -3.50. The smallest absolute Gasteiger partial charge is 0.269 e. The largest absolute Gasteiger partial charge is 0.399 e. The molecule has 0 bridgehead atoms. The highest BCUT2D eigenvalue weighted by Crippen LogP contribution is 2.28. The summed E-state index contributed by atoms with van der Waals surface area (Å²) >= 11 is 0. The molecule has 0 fully saturated rings. The summed E-state index contributed by atoms with van der Waals surface area (Å²) in [5.41, 5.74) is 12.1. The summed E-state index contributed by atoms with van der Waals surface area (Å²) in [6.07, 6.45) is 1.39. The number of hydrazine groups is 1. The predicted molar refractivity (Wildman–Crippen MR) is 87.9 cm³/mol. The lowest BCUT2D eigenvalue weighted by Crippen LogP contribution is -2.37. The van der Waals surface area contributed by atoms with Gasteiger partial charge in [0.15, 0.2) is 9.84 Å². The van der Waals surface area contributed by atoms with E-state index < -0.39 is 21.6 Å². The Kier molecular flexibility index (Phi) is 3.98. The maximum atomic E-state index is 13.5. The third kappa shape index (κ3) is 3.09. The molecule has 2 aromatic carbocycles. The molecule has 1 amide bonds. The van der Waals surface area contributed by atoms with Crippen LogP contribution in [0.5, 0.6) is 0 Å². The van der Waals surface area contributed by atoms with Crippen molar-refractivity contribution in [1.82, 2.24) is 10.9 Å². The number of carbonyl (C=O) groups is 1. The predicted octanol–water partition coefficient (Wildman–Crippen LogP) is 1.47. The molecule has 24 heavy (non-hydrogen) atoms. The highest BCUT2D eigenvalue weighted by molar-refractivity contribution is 7.91. The van der Waals surface area contributed by atoms with Crippen molar-refractivity contribution in [3.8, 4) is 0 Å². The Hall–Kier alpha value is -2.87. The lowest BCUT2D eigenvalue weighted by molar-refractivity contribution is 0.0942. The molecule has 1 aliphatic heterocycles. The van der Waals surface area contributed by atoms with Crippen molar-refractivity contribution in [1.29, 1.82) is 0 Å². The fourth-order valence-corrected chi connectivity index (χ4v) is 3.67. The van der Waals surface area contributed by atoms with Crippen LogP contribution in [0.4, 0.5) is 10.1 Å². The van der Waals surface area contributed by atoms with Gasteiger partial charge in [0.2, 0.25) is 0 Å². The zero-order valence-corrected chi connectivity index (χ0v) is 13.2. The molecule has 2 aromatic rings. The number of nitrogens with one attached hydrogen (secondary N) is 2. The molecule has 124 valence electrons. The van der Waals surface area contributed by atoms with Crippen LogP contribution in [0, 0.1) is 5.82 Å². The minimum absolute atomic E-state index is 0.0237. The van der Waals surface area contributed by atoms with Crippen LogP contribution in [-0.4, -0.2) is 20.1 Å². The van der Waals surface area contributed by atoms with E-state index in [2.05, 4.69) is 10.9 Å². The van der Waals surface area contributed by atoms with E-state index in [0.29, 0.717) is 16.9 Å². The van der Waals surface area contributed by atoms with Crippen LogP contribution < -0.4 is 16.6 Å². The molecule has 0 radical (unpaired) electrons. The SMILES string of the molecule is Nc1ccc(C(=O)NNC2=CCS(=O)(=O)c3ccc(F)cc32)cc1. The fraction of sp³-hybridized carbons (Fsp3) is 0.0625. The van der Waals surface area contributed by atoms with Crippen molar-refractivity contribution in [2.45, 2.75) is 4.90 Å². The van der Waals surface area contributed by atoms with Gasteiger partial charge in [0.25, 0.3) is 5.91 Å². The first-order chi connectivity index (χ1) is 11.4. The number of sulfone groups is 1. The van der Waals surface area contributed by atoms with Gasteiger partial charge in [-0.1, -0.05) is 0 Å². The lowest BCUT2D eigenvalue weighted by Gasteiger charge is -2.19. The third-order valence-electron chi connectivity index (χ3n) is 3.56. The van der Waals surface area contributed by atoms with Crippen LogP contribution in [0.2, 0.25) is 0 Å². The van der Waals surface area contributed by atoms with E-state index in [4.69, 9.17) is 5.73 Å². The Morgan fingerprint density at radius 1 is 1.12 bits per heavy atom. The quantitative estimate of drug-likeness (QED) is 0.443. The highest BCUT2D eigenvalue weighted by Gasteiger charge is 2.25. The Bertz CT molecular complexity index is 938. The number of nitrogens with two attached hydrogens (primary N) is 1. The number of carbonyl (C=O) groups excluding carboxylic acids is 1. The van der Waals surface area contributed by atoms with Crippen molar-refractivity contribution in [2.24, 2.45) is 0 Å². The normalized spacial score (nSPS) is 15.1. The summed E-state index contributed by atoms with van der Waals surface area (Å²) in [5, 5.41) is 0. The zero-order chi connectivity index (χ0) is 17.3. The van der Waals surface area contributed by atoms with Crippen LogP contribution in [0.15, 0.2) is 53.4 Å². The number of fused-ring (bicyclic) bond motifs is 1. The standard InChI is InChI=1S/C16H14FN3O3S/c17-11-3-6-15-13(9-11)14(7-8-24(15,22)23)19-20-16(21)10-1-4-12(18)5-2-10/h1-7,9,19H,8,18H2,(H,20,21). The molecule has 6 nitrogen and oxygen atoms in total. The number of halogens is 1. The van der Waals surface area contributed by atoms with Crippen LogP contribution >= 0.6 is 0 Å². The molecular formula is C16H14FN3O3S. The number of nitrogen functional groups attached to an aromatic ring is 1. The van der Waals surface area contributed by atoms with Gasteiger partial charge in [-0.15, -0.1) is 0 Å². The van der Waals surface area contributed by atoms with Crippen LogP contribution in [0.25, 0.3) is 5.70 Å². The fourth-order valence-electron chi connectivity index (χ4n) is 2.33. The topological polar surface area (TPSA) is 101 Å². The van der Waals surface area contributed by atoms with Crippen molar-refractivity contribution in [3.05, 3.63) is 65.5 Å². The summed E-state index contributed by atoms with van der Waals surface area (Å²) in [6, 6.07) is 9.71. The van der Waals surface area contributed by atoms with Crippen molar-refractivity contribution >= 4 is 27.1 Å². The molecule has 3 rings (SSSR count).